The van der Waals surface area contributed by atoms with Crippen LogP contribution >= 0.6 is 0 Å². The minimum atomic E-state index is -5.01. The van der Waals surface area contributed by atoms with Crippen LogP contribution in [-0.2, 0) is 12.4 Å². The van der Waals surface area contributed by atoms with Crippen molar-refractivity contribution >= 4 is 6.03 Å². The fourth-order valence-corrected chi connectivity index (χ4v) is 6.71. The topological polar surface area (TPSA) is 55.8 Å². The number of piperidine rings is 1. The van der Waals surface area contributed by atoms with Crippen LogP contribution in [0.25, 0.3) is 0 Å². The van der Waals surface area contributed by atoms with E-state index < -0.39 is 63.9 Å². The number of amides is 2. The molecule has 2 saturated heterocycles. The zero-order valence-electron chi connectivity index (χ0n) is 24.3. The molecule has 2 amide bonds. The van der Waals surface area contributed by atoms with Gasteiger partial charge in [-0.05, 0) is 81.4 Å². The molecule has 0 saturated carbocycles. The first kappa shape index (κ1) is 32.3. The lowest BCUT2D eigenvalue weighted by Crippen LogP contribution is -2.65. The second-order valence-corrected chi connectivity index (χ2v) is 12.7. The minimum absolute atomic E-state index is 0.0667. The van der Waals surface area contributed by atoms with E-state index in [1.807, 2.05) is 20.8 Å². The van der Waals surface area contributed by atoms with Gasteiger partial charge >= 0.3 is 18.4 Å². The lowest BCUT2D eigenvalue weighted by atomic mass is 9.64. The molecular weight excluding hydrogens is 567 g/mol. The molecule has 0 radical (unpaired) electrons. The van der Waals surface area contributed by atoms with E-state index in [0.717, 1.165) is 17.7 Å². The molecule has 2 N–H and O–H groups in total. The van der Waals surface area contributed by atoms with Gasteiger partial charge in [-0.15, -0.1) is 0 Å². The van der Waals surface area contributed by atoms with Gasteiger partial charge in [0.25, 0.3) is 0 Å². The molecule has 1 aromatic carbocycles. The maximum absolute atomic E-state index is 14.2. The van der Waals surface area contributed by atoms with Gasteiger partial charge in [0.1, 0.15) is 5.83 Å². The Balaban J connectivity index is 1.69. The molecule has 1 aromatic rings. The molecule has 0 bridgehead atoms. The molecule has 0 aromatic heterocycles. The van der Waals surface area contributed by atoms with Crippen molar-refractivity contribution < 1.29 is 40.6 Å². The van der Waals surface area contributed by atoms with Crippen LogP contribution in [0.5, 0.6) is 0 Å². The Morgan fingerprint density at radius 2 is 1.69 bits per heavy atom. The summed E-state index contributed by atoms with van der Waals surface area (Å²) in [6.07, 6.45) is -2.97. The average Bonchev–Trinajstić information content (AvgIpc) is 3.24. The number of carbonyl (C=O) groups excluding carboxylic acids is 1. The summed E-state index contributed by atoms with van der Waals surface area (Å²) < 4.78 is 95.3. The van der Waals surface area contributed by atoms with Crippen LogP contribution in [0.1, 0.15) is 76.1 Å². The number of halogens is 7. The molecule has 1 aliphatic carbocycles. The smallest absolute Gasteiger partial charge is 0.394 e. The van der Waals surface area contributed by atoms with E-state index in [1.165, 1.54) is 26.1 Å². The summed E-state index contributed by atoms with van der Waals surface area (Å²) in [6.45, 7) is 7.28. The third kappa shape index (κ3) is 6.06. The molecule has 4 rings (SSSR count). The molecule has 6 atom stereocenters. The molecule has 2 aliphatic heterocycles. The number of nitrogens with one attached hydrogen (secondary N) is 1. The van der Waals surface area contributed by atoms with Crippen molar-refractivity contribution in [1.29, 1.82) is 0 Å². The van der Waals surface area contributed by atoms with Crippen molar-refractivity contribution in [1.82, 2.24) is 15.1 Å². The van der Waals surface area contributed by atoms with Crippen LogP contribution in [0.3, 0.4) is 0 Å². The highest BCUT2D eigenvalue weighted by Gasteiger charge is 2.54. The highest BCUT2D eigenvalue weighted by Crippen LogP contribution is 2.49. The number of alkyl halides is 6. The molecule has 234 valence electrons. The van der Waals surface area contributed by atoms with Crippen LogP contribution in [0.4, 0.5) is 35.5 Å². The normalized spacial score (nSPS) is 32.7. The third-order valence-electron chi connectivity index (χ3n) is 9.79. The number of hydrogen-bond acceptors (Lipinski definition) is 3. The van der Waals surface area contributed by atoms with Gasteiger partial charge in [-0.25, -0.2) is 9.18 Å². The van der Waals surface area contributed by atoms with E-state index in [1.54, 1.807) is 11.0 Å². The third-order valence-corrected chi connectivity index (χ3v) is 9.79. The van der Waals surface area contributed by atoms with E-state index in [-0.39, 0.29) is 30.7 Å². The van der Waals surface area contributed by atoms with Gasteiger partial charge in [0.15, 0.2) is 0 Å². The summed E-state index contributed by atoms with van der Waals surface area (Å²) in [6, 6.07) is -0.796. The van der Waals surface area contributed by atoms with E-state index in [9.17, 15) is 40.6 Å². The Labute approximate surface area is 241 Å². The number of nitrogens with zero attached hydrogens (tertiary/aromatic N) is 2. The Morgan fingerprint density at radius 3 is 2.19 bits per heavy atom. The van der Waals surface area contributed by atoms with Gasteiger partial charge in [0, 0.05) is 36.1 Å². The van der Waals surface area contributed by atoms with E-state index in [2.05, 4.69) is 5.32 Å². The summed E-state index contributed by atoms with van der Waals surface area (Å²) in [7, 11) is 1.36. The fraction of sp³-hybridized carbons (Fsp3) is 0.633. The summed E-state index contributed by atoms with van der Waals surface area (Å²) in [5.41, 5.74) is -4.80. The number of aliphatic hydroxyl groups is 1. The number of allylic oxidation sites excluding steroid dienone is 3. The molecule has 12 heteroatoms. The van der Waals surface area contributed by atoms with Crippen molar-refractivity contribution in [3.63, 3.8) is 0 Å². The maximum atomic E-state index is 14.2. The van der Waals surface area contributed by atoms with Gasteiger partial charge in [-0.3, -0.25) is 0 Å². The van der Waals surface area contributed by atoms with Crippen molar-refractivity contribution in [2.75, 3.05) is 20.2 Å². The van der Waals surface area contributed by atoms with Gasteiger partial charge in [-0.2, -0.15) is 26.3 Å². The monoisotopic (exact) mass is 605 g/mol. The number of urea groups is 1. The van der Waals surface area contributed by atoms with Gasteiger partial charge in [-0.1, -0.05) is 19.9 Å². The maximum Gasteiger partial charge on any atom is 0.416 e. The van der Waals surface area contributed by atoms with Crippen LogP contribution in [-0.4, -0.2) is 58.3 Å². The highest BCUT2D eigenvalue weighted by molar-refractivity contribution is 5.75. The van der Waals surface area contributed by atoms with E-state index in [4.69, 9.17) is 0 Å². The first-order chi connectivity index (χ1) is 19.2. The van der Waals surface area contributed by atoms with Gasteiger partial charge in [0.05, 0.1) is 23.8 Å². The number of benzene rings is 1. The van der Waals surface area contributed by atoms with Crippen LogP contribution < -0.4 is 5.32 Å². The fourth-order valence-electron chi connectivity index (χ4n) is 6.71. The minimum Gasteiger partial charge on any atom is -0.394 e. The molecule has 42 heavy (non-hydrogen) atoms. The predicted octanol–water partition coefficient (Wildman–Crippen LogP) is 7.24. The summed E-state index contributed by atoms with van der Waals surface area (Å²) in [4.78, 5) is 16.8. The molecule has 2 fully saturated rings. The Kier molecular flexibility index (Phi) is 8.34. The molecule has 1 spiro atoms. The first-order valence-electron chi connectivity index (χ1n) is 14.0. The van der Waals surface area contributed by atoms with Gasteiger partial charge in [0.2, 0.25) is 0 Å². The first-order valence-corrected chi connectivity index (χ1v) is 14.0. The second-order valence-electron chi connectivity index (χ2n) is 12.7. The number of aliphatic hydroxyl groups excluding tert-OH is 1. The molecule has 2 unspecified atom stereocenters. The summed E-state index contributed by atoms with van der Waals surface area (Å²) in [5, 5.41) is 13.6. The van der Waals surface area contributed by atoms with Crippen LogP contribution in [0.15, 0.2) is 42.3 Å². The summed E-state index contributed by atoms with van der Waals surface area (Å²) in [5.74, 6) is -0.713. The van der Waals surface area contributed by atoms with Crippen molar-refractivity contribution in [2.45, 2.75) is 88.9 Å². The van der Waals surface area contributed by atoms with E-state index in [0.29, 0.717) is 25.0 Å². The van der Waals surface area contributed by atoms with Crippen molar-refractivity contribution in [3.8, 4) is 0 Å². The van der Waals surface area contributed by atoms with Crippen LogP contribution in [0.2, 0.25) is 0 Å². The van der Waals surface area contributed by atoms with E-state index >= 15 is 0 Å². The zero-order chi connectivity index (χ0) is 31.5. The molecule has 2 heterocycles. The van der Waals surface area contributed by atoms with Crippen molar-refractivity contribution in [3.05, 3.63) is 58.9 Å². The Hall–Kier alpha value is -2.60. The number of rotatable bonds is 4. The second kappa shape index (κ2) is 10.8. The Bertz CT molecular complexity index is 1230. The summed E-state index contributed by atoms with van der Waals surface area (Å²) >= 11 is 0. The molecular formula is C30H38F7N3O2. The average molecular weight is 606 g/mol. The number of carbonyl (C=O) groups is 1. The SMILES string of the molecule is CC1C=C(F)C=CC1(C)[C@H]1C[C@@]2(CCN1C(=O)N(C)[C@H](C)c1cc(C(F)(F)F)cc(C(F)(F)F)c1)CC[C@@](C)(CO)N2. The standard InChI is InChI=1S/C30H38F7N3O2/c1-18-12-23(31)6-7-27(18,4)24-16-28(9-8-26(3,17-41)38-28)10-11-40(24)25(42)39(5)19(2)20-13-21(29(32,33)34)15-22(14-20)30(35,36)37/h6-7,12-15,18-19,24,38,41H,8-11,16-17H2,1-5H3/t18?,19-,24-,26+,27?,28+/m1/s1. The lowest BCUT2D eigenvalue weighted by Gasteiger charge is -2.54. The Morgan fingerprint density at radius 1 is 1.10 bits per heavy atom. The van der Waals surface area contributed by atoms with Gasteiger partial charge < -0.3 is 20.2 Å². The lowest BCUT2D eigenvalue weighted by molar-refractivity contribution is -0.143. The predicted molar refractivity (Wildman–Crippen MR) is 144 cm³/mol. The highest BCUT2D eigenvalue weighted by atomic mass is 19.4. The largest absolute Gasteiger partial charge is 0.416 e. The van der Waals surface area contributed by atoms with Crippen molar-refractivity contribution in [2.24, 2.45) is 11.3 Å². The van der Waals surface area contributed by atoms with Crippen LogP contribution in [0, 0.1) is 11.3 Å². The number of likely N-dealkylation sites (tertiary alicyclic amines) is 1. The molecule has 5 nitrogen and oxygen atoms in total. The number of hydrogen-bond donors (Lipinski definition) is 2. The molecule has 3 aliphatic rings. The zero-order valence-corrected chi connectivity index (χ0v) is 24.3. The quantitative estimate of drug-likeness (QED) is 0.356.